The van der Waals surface area contributed by atoms with E-state index in [1.807, 2.05) is 50.7 Å². The largest absolute Gasteiger partial charge is 0.325 e. The van der Waals surface area contributed by atoms with Gasteiger partial charge in [0, 0.05) is 24.9 Å². The molecular weight excluding hydrogens is 299 g/mol. The predicted molar refractivity (Wildman–Crippen MR) is 85.4 cm³/mol. The fourth-order valence-corrected chi connectivity index (χ4v) is 3.41. The van der Waals surface area contributed by atoms with Crippen LogP contribution in [0.3, 0.4) is 0 Å². The van der Waals surface area contributed by atoms with Gasteiger partial charge in [0.25, 0.3) is 6.69 Å². The molecule has 0 bridgehead atoms. The van der Waals surface area contributed by atoms with E-state index in [0.717, 1.165) is 5.69 Å². The Hall–Kier alpha value is -0.713. The summed E-state index contributed by atoms with van der Waals surface area (Å²) in [4.78, 5) is 16.0. The summed E-state index contributed by atoms with van der Waals surface area (Å²) in [6.07, 6.45) is 0.384. The smallest absolute Gasteiger partial charge is 0.324 e. The lowest BCUT2D eigenvalue weighted by Gasteiger charge is -2.31. The number of benzene rings is 1. The maximum absolute atomic E-state index is 12.5. The fraction of sp³-hybridized carbons (Fsp3) is 0.462. The van der Waals surface area contributed by atoms with Gasteiger partial charge in [-0.15, -0.1) is 22.2 Å². The Morgan fingerprint density at radius 2 is 1.68 bits per heavy atom. The molecule has 0 atom stereocenters. The molecule has 0 N–H and O–H groups in total. The third-order valence-corrected chi connectivity index (χ3v) is 4.36. The molecule has 0 radical (unpaired) electrons. The number of carbonyl (C=O) groups is 1. The number of urea groups is 1. The maximum atomic E-state index is 12.5. The minimum absolute atomic E-state index is 0.0452. The molecule has 1 aromatic rings. The van der Waals surface area contributed by atoms with Gasteiger partial charge < -0.3 is 4.90 Å². The second-order valence-electron chi connectivity index (χ2n) is 4.45. The predicted octanol–water partition coefficient (Wildman–Crippen LogP) is 4.04. The number of amides is 2. The lowest BCUT2D eigenvalue weighted by molar-refractivity contribution is 0.211. The van der Waals surface area contributed by atoms with Crippen LogP contribution in [-0.2, 0) is 0 Å². The van der Waals surface area contributed by atoms with E-state index in [1.54, 1.807) is 9.80 Å². The highest BCUT2D eigenvalue weighted by Crippen LogP contribution is 2.22. The van der Waals surface area contributed by atoms with Crippen molar-refractivity contribution in [3.05, 3.63) is 30.3 Å². The van der Waals surface area contributed by atoms with Crippen LogP contribution >= 0.6 is 22.2 Å². The molecule has 0 fully saturated rings. The van der Waals surface area contributed by atoms with E-state index in [-0.39, 0.29) is 6.03 Å². The SMILES string of the molecule is CCN(CC)C(=O)N(C[Si](C)(Cl)Cl)c1ccccc1. The minimum atomic E-state index is -2.41. The summed E-state index contributed by atoms with van der Waals surface area (Å²) in [5.41, 5.74) is 0.833. The van der Waals surface area contributed by atoms with Gasteiger partial charge in [-0.25, -0.2) is 4.79 Å². The summed E-state index contributed by atoms with van der Waals surface area (Å²) in [6, 6.07) is 9.47. The molecule has 0 saturated heterocycles. The van der Waals surface area contributed by atoms with Crippen molar-refractivity contribution in [3.63, 3.8) is 0 Å². The summed E-state index contributed by atoms with van der Waals surface area (Å²) < 4.78 is 0. The van der Waals surface area contributed by atoms with Crippen molar-refractivity contribution in [2.24, 2.45) is 0 Å². The lowest BCUT2D eigenvalue weighted by atomic mass is 10.3. The van der Waals surface area contributed by atoms with Gasteiger partial charge in [0.1, 0.15) is 0 Å². The van der Waals surface area contributed by atoms with Crippen LogP contribution in [0.4, 0.5) is 10.5 Å². The number of rotatable bonds is 5. The first kappa shape index (κ1) is 16.3. The first-order chi connectivity index (χ1) is 8.89. The zero-order valence-electron chi connectivity index (χ0n) is 11.6. The first-order valence-electron chi connectivity index (χ1n) is 6.38. The molecule has 0 heterocycles. The second-order valence-corrected chi connectivity index (χ2v) is 12.5. The van der Waals surface area contributed by atoms with Gasteiger partial charge in [0.15, 0.2) is 0 Å². The van der Waals surface area contributed by atoms with Crippen LogP contribution in [-0.4, -0.2) is 36.9 Å². The molecule has 0 spiro atoms. The van der Waals surface area contributed by atoms with Crippen molar-refractivity contribution in [2.75, 3.05) is 24.2 Å². The van der Waals surface area contributed by atoms with Crippen molar-refractivity contribution in [1.82, 2.24) is 4.90 Å². The van der Waals surface area contributed by atoms with Crippen LogP contribution in [0.25, 0.3) is 0 Å². The summed E-state index contributed by atoms with van der Waals surface area (Å²) in [5, 5.41) is 0. The lowest BCUT2D eigenvalue weighted by Crippen LogP contribution is -2.48. The van der Waals surface area contributed by atoms with Crippen molar-refractivity contribution < 1.29 is 4.79 Å². The van der Waals surface area contributed by atoms with Gasteiger partial charge in [-0.05, 0) is 32.5 Å². The van der Waals surface area contributed by atoms with Crippen molar-refractivity contribution in [3.8, 4) is 0 Å². The van der Waals surface area contributed by atoms with Crippen LogP contribution < -0.4 is 4.90 Å². The summed E-state index contributed by atoms with van der Waals surface area (Å²) in [5.74, 6) is 0. The highest BCUT2D eigenvalue weighted by atomic mass is 35.7. The number of halogens is 2. The normalized spacial score (nSPS) is 11.2. The standard InChI is InChI=1S/C13H20Cl2N2OSi/c1-4-16(5-2)13(18)17(11-19(3,14)15)12-9-7-6-8-10-12/h6-10H,4-5,11H2,1-3H3. The van der Waals surface area contributed by atoms with E-state index in [4.69, 9.17) is 22.2 Å². The molecular formula is C13H20Cl2N2OSi. The maximum Gasteiger partial charge on any atom is 0.324 e. The minimum Gasteiger partial charge on any atom is -0.325 e. The Labute approximate surface area is 125 Å². The number of anilines is 1. The molecule has 1 rings (SSSR count). The molecule has 0 aliphatic heterocycles. The fourth-order valence-electron chi connectivity index (χ4n) is 1.82. The van der Waals surface area contributed by atoms with Crippen molar-refractivity contribution >= 4 is 40.6 Å². The van der Waals surface area contributed by atoms with Crippen molar-refractivity contribution in [2.45, 2.75) is 20.4 Å². The average molecular weight is 319 g/mol. The summed E-state index contributed by atoms with van der Waals surface area (Å²) in [7, 11) is 0. The Morgan fingerprint density at radius 1 is 1.16 bits per heavy atom. The van der Waals surface area contributed by atoms with Crippen LogP contribution in [0, 0.1) is 0 Å². The quantitative estimate of drug-likeness (QED) is 0.593. The molecule has 0 aliphatic rings. The first-order valence-corrected chi connectivity index (χ1v) is 11.1. The summed E-state index contributed by atoms with van der Waals surface area (Å²) >= 11 is 12.4. The number of hydrogen-bond donors (Lipinski definition) is 0. The Kier molecular flexibility index (Phi) is 6.17. The highest BCUT2D eigenvalue weighted by Gasteiger charge is 2.30. The average Bonchev–Trinajstić information content (AvgIpc) is 2.37. The van der Waals surface area contributed by atoms with Crippen LogP contribution in [0.2, 0.25) is 6.55 Å². The van der Waals surface area contributed by atoms with E-state index in [2.05, 4.69) is 0 Å². The van der Waals surface area contributed by atoms with Gasteiger partial charge in [0.05, 0.1) is 0 Å². The van der Waals surface area contributed by atoms with Gasteiger partial charge in [-0.3, -0.25) is 4.90 Å². The number of para-hydroxylation sites is 1. The van der Waals surface area contributed by atoms with Gasteiger partial charge >= 0.3 is 6.03 Å². The van der Waals surface area contributed by atoms with Crippen molar-refractivity contribution in [1.29, 1.82) is 0 Å². The Bertz CT molecular complexity index is 405. The molecule has 1 aromatic carbocycles. The van der Waals surface area contributed by atoms with E-state index in [9.17, 15) is 4.79 Å². The molecule has 0 unspecified atom stereocenters. The van der Waals surface area contributed by atoms with E-state index >= 15 is 0 Å². The topological polar surface area (TPSA) is 23.6 Å². The van der Waals surface area contributed by atoms with Gasteiger partial charge in [0.2, 0.25) is 0 Å². The molecule has 19 heavy (non-hydrogen) atoms. The molecule has 6 heteroatoms. The Balaban J connectivity index is 3.03. The Morgan fingerprint density at radius 3 is 2.11 bits per heavy atom. The van der Waals surface area contributed by atoms with Gasteiger partial charge in [-0.1, -0.05) is 18.2 Å². The van der Waals surface area contributed by atoms with Crippen LogP contribution in [0.15, 0.2) is 30.3 Å². The zero-order chi connectivity index (χ0) is 14.5. The van der Waals surface area contributed by atoms with E-state index in [1.165, 1.54) is 0 Å². The van der Waals surface area contributed by atoms with Crippen LogP contribution in [0.5, 0.6) is 0 Å². The number of nitrogens with zero attached hydrogens (tertiary/aromatic N) is 2. The monoisotopic (exact) mass is 318 g/mol. The second kappa shape index (κ2) is 7.17. The molecule has 0 aromatic heterocycles. The molecule has 3 nitrogen and oxygen atoms in total. The number of carbonyl (C=O) groups excluding carboxylic acids is 1. The van der Waals surface area contributed by atoms with E-state index in [0.29, 0.717) is 19.3 Å². The molecule has 106 valence electrons. The van der Waals surface area contributed by atoms with E-state index < -0.39 is 6.69 Å². The molecule has 0 aliphatic carbocycles. The zero-order valence-corrected chi connectivity index (χ0v) is 14.1. The van der Waals surface area contributed by atoms with Gasteiger partial charge in [-0.2, -0.15) is 0 Å². The van der Waals surface area contributed by atoms with Crippen LogP contribution in [0.1, 0.15) is 13.8 Å². The highest BCUT2D eigenvalue weighted by molar-refractivity contribution is 7.45. The molecule has 2 amide bonds. The summed E-state index contributed by atoms with van der Waals surface area (Å²) in [6.45, 7) is 4.66. The third kappa shape index (κ3) is 5.05. The molecule has 0 saturated carbocycles. The number of hydrogen-bond acceptors (Lipinski definition) is 1. The third-order valence-electron chi connectivity index (χ3n) is 2.77.